The van der Waals surface area contributed by atoms with E-state index in [2.05, 4.69) is 17.1 Å². The Morgan fingerprint density at radius 1 is 1.08 bits per heavy atom. The number of hydrogen-bond donors (Lipinski definition) is 1. The Labute approximate surface area is 147 Å². The number of oxazole rings is 1. The van der Waals surface area contributed by atoms with Gasteiger partial charge in [-0.2, -0.15) is 0 Å². The maximum Gasteiger partial charge on any atom is 0.227 e. The lowest BCUT2D eigenvalue weighted by Gasteiger charge is -2.04. The standard InChI is InChI=1S/C19H20N2O2.ClH/c20-10-15-9-16(15)12-22-11-13-5-7-14(8-6-13)19-21-17-3-1-2-4-18(17)23-19;/h1-8,15-16H,9-12,20H2;1H/t15-,16-;/m0./s1. The minimum absolute atomic E-state index is 0. The summed E-state index contributed by atoms with van der Waals surface area (Å²) in [4.78, 5) is 4.51. The summed E-state index contributed by atoms with van der Waals surface area (Å²) in [6, 6.07) is 16.0. The van der Waals surface area contributed by atoms with E-state index in [0.717, 1.165) is 35.4 Å². The molecule has 0 bridgehead atoms. The fraction of sp³-hybridized carbons (Fsp3) is 0.316. The SMILES string of the molecule is Cl.NC[C@@H]1C[C@H]1COCc1ccc(-c2nc3ccccc3o2)cc1. The predicted octanol–water partition coefficient (Wildman–Crippen LogP) is 4.03. The number of hydrogen-bond acceptors (Lipinski definition) is 4. The number of nitrogens with zero attached hydrogens (tertiary/aromatic N) is 1. The maximum absolute atomic E-state index is 5.78. The Hall–Kier alpha value is -1.88. The highest BCUT2D eigenvalue weighted by molar-refractivity contribution is 5.85. The van der Waals surface area contributed by atoms with Gasteiger partial charge in [-0.3, -0.25) is 0 Å². The van der Waals surface area contributed by atoms with Crippen LogP contribution in [-0.2, 0) is 11.3 Å². The summed E-state index contributed by atoms with van der Waals surface area (Å²) in [5.41, 5.74) is 9.48. The van der Waals surface area contributed by atoms with Crippen molar-refractivity contribution in [3.8, 4) is 11.5 Å². The number of aromatic nitrogens is 1. The fourth-order valence-electron chi connectivity index (χ4n) is 2.87. The van der Waals surface area contributed by atoms with Crippen molar-refractivity contribution in [3.63, 3.8) is 0 Å². The first-order valence-electron chi connectivity index (χ1n) is 8.06. The Kier molecular flexibility index (Phi) is 5.19. The molecule has 24 heavy (non-hydrogen) atoms. The van der Waals surface area contributed by atoms with E-state index in [1.807, 2.05) is 36.4 Å². The highest BCUT2D eigenvalue weighted by Gasteiger charge is 2.35. The minimum atomic E-state index is 0. The summed E-state index contributed by atoms with van der Waals surface area (Å²) in [7, 11) is 0. The van der Waals surface area contributed by atoms with Gasteiger partial charge in [0.2, 0.25) is 5.89 Å². The second kappa shape index (κ2) is 7.34. The van der Waals surface area contributed by atoms with E-state index in [-0.39, 0.29) is 12.4 Å². The summed E-state index contributed by atoms with van der Waals surface area (Å²) in [5.74, 6) is 2.00. The van der Waals surface area contributed by atoms with Gasteiger partial charge in [-0.1, -0.05) is 24.3 Å². The normalized spacial score (nSPS) is 19.2. The summed E-state index contributed by atoms with van der Waals surface area (Å²) < 4.78 is 11.6. The molecule has 0 amide bonds. The van der Waals surface area contributed by atoms with Crippen molar-refractivity contribution in [2.75, 3.05) is 13.2 Å². The van der Waals surface area contributed by atoms with E-state index in [1.165, 1.54) is 6.42 Å². The van der Waals surface area contributed by atoms with Gasteiger partial charge in [-0.05, 0) is 54.6 Å². The monoisotopic (exact) mass is 344 g/mol. The van der Waals surface area contributed by atoms with Crippen LogP contribution in [0.5, 0.6) is 0 Å². The first kappa shape index (κ1) is 17.0. The zero-order chi connectivity index (χ0) is 15.6. The van der Waals surface area contributed by atoms with Crippen LogP contribution < -0.4 is 5.73 Å². The summed E-state index contributed by atoms with van der Waals surface area (Å²) in [6.45, 7) is 2.24. The van der Waals surface area contributed by atoms with Gasteiger partial charge < -0.3 is 14.9 Å². The second-order valence-corrected chi connectivity index (χ2v) is 6.19. The number of nitrogens with two attached hydrogens (primary N) is 1. The molecule has 5 heteroatoms. The van der Waals surface area contributed by atoms with Crippen molar-refractivity contribution in [2.45, 2.75) is 13.0 Å². The third-order valence-corrected chi connectivity index (χ3v) is 4.47. The largest absolute Gasteiger partial charge is 0.436 e. The van der Waals surface area contributed by atoms with Crippen molar-refractivity contribution < 1.29 is 9.15 Å². The smallest absolute Gasteiger partial charge is 0.227 e. The van der Waals surface area contributed by atoms with Crippen molar-refractivity contribution >= 4 is 23.5 Å². The van der Waals surface area contributed by atoms with Crippen LogP contribution in [0.2, 0.25) is 0 Å². The number of halogens is 1. The first-order chi connectivity index (χ1) is 11.3. The molecule has 0 spiro atoms. The van der Waals surface area contributed by atoms with Crippen molar-refractivity contribution in [1.82, 2.24) is 4.98 Å². The van der Waals surface area contributed by atoms with Gasteiger partial charge in [-0.25, -0.2) is 4.98 Å². The molecule has 2 N–H and O–H groups in total. The molecule has 1 fully saturated rings. The molecule has 1 aliphatic rings. The fourth-order valence-corrected chi connectivity index (χ4v) is 2.87. The molecular weight excluding hydrogens is 324 g/mol. The number of rotatable bonds is 6. The minimum Gasteiger partial charge on any atom is -0.436 e. The molecule has 0 radical (unpaired) electrons. The van der Waals surface area contributed by atoms with Crippen molar-refractivity contribution in [2.24, 2.45) is 17.6 Å². The van der Waals surface area contributed by atoms with Gasteiger partial charge in [0, 0.05) is 5.56 Å². The van der Waals surface area contributed by atoms with Gasteiger partial charge >= 0.3 is 0 Å². The molecule has 1 heterocycles. The van der Waals surface area contributed by atoms with Crippen LogP contribution in [0.4, 0.5) is 0 Å². The average Bonchev–Trinajstić information content (AvgIpc) is 3.21. The lowest BCUT2D eigenvalue weighted by Crippen LogP contribution is -2.05. The van der Waals surface area contributed by atoms with E-state index < -0.39 is 0 Å². The zero-order valence-electron chi connectivity index (χ0n) is 13.4. The van der Waals surface area contributed by atoms with Gasteiger partial charge in [0.1, 0.15) is 5.52 Å². The number of fused-ring (bicyclic) bond motifs is 1. The molecule has 1 aromatic heterocycles. The molecule has 0 unspecified atom stereocenters. The van der Waals surface area contributed by atoms with Crippen LogP contribution in [0, 0.1) is 11.8 Å². The van der Waals surface area contributed by atoms with Crippen LogP contribution in [0.1, 0.15) is 12.0 Å². The molecule has 1 saturated carbocycles. The van der Waals surface area contributed by atoms with Crippen LogP contribution in [0.3, 0.4) is 0 Å². The van der Waals surface area contributed by atoms with E-state index in [1.54, 1.807) is 0 Å². The van der Waals surface area contributed by atoms with E-state index in [0.29, 0.717) is 24.3 Å². The molecule has 3 aromatic rings. The van der Waals surface area contributed by atoms with Gasteiger partial charge in [0.25, 0.3) is 0 Å². The molecule has 0 saturated heterocycles. The summed E-state index contributed by atoms with van der Waals surface area (Å²) in [5, 5.41) is 0. The molecule has 1 aliphatic carbocycles. The topological polar surface area (TPSA) is 61.3 Å². The molecule has 2 aromatic carbocycles. The Morgan fingerprint density at radius 2 is 1.88 bits per heavy atom. The number of benzene rings is 2. The predicted molar refractivity (Wildman–Crippen MR) is 97.0 cm³/mol. The number of ether oxygens (including phenoxy) is 1. The zero-order valence-corrected chi connectivity index (χ0v) is 14.2. The van der Waals surface area contributed by atoms with Crippen LogP contribution in [0.25, 0.3) is 22.6 Å². The lowest BCUT2D eigenvalue weighted by molar-refractivity contribution is 0.108. The molecular formula is C19H21ClN2O2. The van der Waals surface area contributed by atoms with E-state index in [4.69, 9.17) is 14.9 Å². The Morgan fingerprint density at radius 3 is 2.58 bits per heavy atom. The molecule has 2 atom stereocenters. The highest BCUT2D eigenvalue weighted by atomic mass is 35.5. The van der Waals surface area contributed by atoms with Crippen molar-refractivity contribution in [3.05, 3.63) is 54.1 Å². The van der Waals surface area contributed by atoms with Crippen LogP contribution >= 0.6 is 12.4 Å². The van der Waals surface area contributed by atoms with E-state index in [9.17, 15) is 0 Å². The summed E-state index contributed by atoms with van der Waals surface area (Å²) >= 11 is 0. The van der Waals surface area contributed by atoms with Gasteiger partial charge in [0.15, 0.2) is 5.58 Å². The lowest BCUT2D eigenvalue weighted by atomic mass is 10.1. The quantitative estimate of drug-likeness (QED) is 0.733. The first-order valence-corrected chi connectivity index (χ1v) is 8.06. The Bertz CT molecular complexity index is 767. The third-order valence-electron chi connectivity index (χ3n) is 4.47. The second-order valence-electron chi connectivity index (χ2n) is 6.19. The Balaban J connectivity index is 0.00000169. The maximum atomic E-state index is 5.78. The average molecular weight is 345 g/mol. The third kappa shape index (κ3) is 3.61. The molecule has 4 nitrogen and oxygen atoms in total. The summed E-state index contributed by atoms with van der Waals surface area (Å²) in [6.07, 6.45) is 1.22. The van der Waals surface area contributed by atoms with Crippen LogP contribution in [0.15, 0.2) is 52.9 Å². The molecule has 126 valence electrons. The van der Waals surface area contributed by atoms with Crippen molar-refractivity contribution in [1.29, 1.82) is 0 Å². The van der Waals surface area contributed by atoms with Gasteiger partial charge in [0.05, 0.1) is 13.2 Å². The molecule has 0 aliphatic heterocycles. The highest BCUT2D eigenvalue weighted by Crippen LogP contribution is 2.37. The van der Waals surface area contributed by atoms with Gasteiger partial charge in [-0.15, -0.1) is 12.4 Å². The van der Waals surface area contributed by atoms with Crippen LogP contribution in [-0.4, -0.2) is 18.1 Å². The number of para-hydroxylation sites is 2. The van der Waals surface area contributed by atoms with E-state index >= 15 is 0 Å². The molecule has 4 rings (SSSR count).